The van der Waals surface area contributed by atoms with Crippen molar-refractivity contribution >= 4 is 0 Å². The smallest absolute Gasteiger partial charge is 0.00471 e. The minimum atomic E-state index is 0.753. The Labute approximate surface area is 88.5 Å². The largest absolute Gasteiger partial charge is 0.306 e. The SMILES string of the molecule is C/C=C\C(=C/C)C1CCCCN(C)C1. The van der Waals surface area contributed by atoms with E-state index >= 15 is 0 Å². The van der Waals surface area contributed by atoms with Crippen LogP contribution in [0.15, 0.2) is 23.8 Å². The molecule has 0 radical (unpaired) electrons. The molecular weight excluding hydrogens is 170 g/mol. The molecule has 0 aromatic heterocycles. The van der Waals surface area contributed by atoms with Crippen molar-refractivity contribution in [3.8, 4) is 0 Å². The van der Waals surface area contributed by atoms with Crippen molar-refractivity contribution in [3.63, 3.8) is 0 Å². The third kappa shape index (κ3) is 3.30. The fraction of sp³-hybridized carbons (Fsp3) is 0.692. The minimum absolute atomic E-state index is 0.753. The lowest BCUT2D eigenvalue weighted by Gasteiger charge is -2.20. The Hall–Kier alpha value is -0.560. The average molecular weight is 193 g/mol. The molecule has 80 valence electrons. The number of nitrogens with zero attached hydrogens (tertiary/aromatic N) is 1. The number of hydrogen-bond donors (Lipinski definition) is 0. The molecule has 0 saturated carbocycles. The minimum Gasteiger partial charge on any atom is -0.306 e. The molecule has 1 fully saturated rings. The van der Waals surface area contributed by atoms with Gasteiger partial charge in [-0.2, -0.15) is 0 Å². The topological polar surface area (TPSA) is 3.24 Å². The maximum atomic E-state index is 2.46. The molecule has 0 N–H and O–H groups in total. The quantitative estimate of drug-likeness (QED) is 0.609. The Kier molecular flexibility index (Phi) is 4.95. The van der Waals surface area contributed by atoms with Gasteiger partial charge in [0.25, 0.3) is 0 Å². The molecule has 0 aromatic rings. The van der Waals surface area contributed by atoms with E-state index in [0.29, 0.717) is 0 Å². The van der Waals surface area contributed by atoms with Crippen LogP contribution in [0.3, 0.4) is 0 Å². The molecule has 1 heterocycles. The molecule has 14 heavy (non-hydrogen) atoms. The standard InChI is InChI=1S/C13H23N/c1-4-8-12(5-2)13-9-6-7-10-14(3)11-13/h4-5,8,13H,6-7,9-11H2,1-3H3/b8-4-,12-5+. The summed E-state index contributed by atoms with van der Waals surface area (Å²) in [4.78, 5) is 2.46. The van der Waals surface area contributed by atoms with Gasteiger partial charge in [-0.25, -0.2) is 0 Å². The van der Waals surface area contributed by atoms with Gasteiger partial charge in [0.05, 0.1) is 0 Å². The van der Waals surface area contributed by atoms with Gasteiger partial charge in [-0.05, 0) is 51.8 Å². The van der Waals surface area contributed by atoms with Crippen LogP contribution < -0.4 is 0 Å². The first-order chi connectivity index (χ1) is 6.77. The fourth-order valence-corrected chi connectivity index (χ4v) is 2.26. The van der Waals surface area contributed by atoms with Crippen LogP contribution in [-0.4, -0.2) is 25.0 Å². The second-order valence-electron chi connectivity index (χ2n) is 4.24. The third-order valence-corrected chi connectivity index (χ3v) is 3.04. The van der Waals surface area contributed by atoms with Gasteiger partial charge in [-0.15, -0.1) is 0 Å². The summed E-state index contributed by atoms with van der Waals surface area (Å²) < 4.78 is 0. The summed E-state index contributed by atoms with van der Waals surface area (Å²) in [7, 11) is 2.24. The van der Waals surface area contributed by atoms with Gasteiger partial charge in [-0.3, -0.25) is 0 Å². The predicted octanol–water partition coefficient (Wildman–Crippen LogP) is 3.24. The van der Waals surface area contributed by atoms with Crippen molar-refractivity contribution in [1.82, 2.24) is 4.90 Å². The highest BCUT2D eigenvalue weighted by atomic mass is 15.1. The van der Waals surface area contributed by atoms with E-state index in [1.807, 2.05) is 0 Å². The molecule has 1 atom stereocenters. The van der Waals surface area contributed by atoms with Crippen LogP contribution in [-0.2, 0) is 0 Å². The Balaban J connectivity index is 2.64. The Morgan fingerprint density at radius 1 is 1.29 bits per heavy atom. The lowest BCUT2D eigenvalue weighted by molar-refractivity contribution is 0.319. The van der Waals surface area contributed by atoms with Gasteiger partial charge in [0.1, 0.15) is 0 Å². The first-order valence-electron chi connectivity index (χ1n) is 5.75. The van der Waals surface area contributed by atoms with Gasteiger partial charge in [-0.1, -0.05) is 24.6 Å². The zero-order valence-corrected chi connectivity index (χ0v) is 9.79. The monoisotopic (exact) mass is 193 g/mol. The van der Waals surface area contributed by atoms with Gasteiger partial charge in [0.2, 0.25) is 0 Å². The first kappa shape index (κ1) is 11.5. The number of likely N-dealkylation sites (tertiary alicyclic amines) is 1. The highest BCUT2D eigenvalue weighted by Gasteiger charge is 2.17. The highest BCUT2D eigenvalue weighted by Crippen LogP contribution is 2.23. The lowest BCUT2D eigenvalue weighted by atomic mass is 9.93. The zero-order valence-electron chi connectivity index (χ0n) is 9.79. The molecule has 1 nitrogen and oxygen atoms in total. The van der Waals surface area contributed by atoms with E-state index < -0.39 is 0 Å². The molecule has 0 amide bonds. The predicted molar refractivity (Wildman–Crippen MR) is 63.4 cm³/mol. The number of allylic oxidation sites excluding steroid dienone is 3. The molecule has 1 aliphatic rings. The van der Waals surface area contributed by atoms with Gasteiger partial charge < -0.3 is 4.90 Å². The van der Waals surface area contributed by atoms with Crippen LogP contribution in [0, 0.1) is 5.92 Å². The van der Waals surface area contributed by atoms with Gasteiger partial charge in [0, 0.05) is 6.54 Å². The highest BCUT2D eigenvalue weighted by molar-refractivity contribution is 5.21. The molecule has 0 bridgehead atoms. The van der Waals surface area contributed by atoms with E-state index in [4.69, 9.17) is 0 Å². The lowest BCUT2D eigenvalue weighted by Crippen LogP contribution is -2.24. The summed E-state index contributed by atoms with van der Waals surface area (Å²) in [6, 6.07) is 0. The van der Waals surface area contributed by atoms with Crippen LogP contribution in [0.5, 0.6) is 0 Å². The summed E-state index contributed by atoms with van der Waals surface area (Å²) >= 11 is 0. The van der Waals surface area contributed by atoms with E-state index in [2.05, 4.69) is 44.0 Å². The number of rotatable bonds is 2. The van der Waals surface area contributed by atoms with Crippen molar-refractivity contribution in [1.29, 1.82) is 0 Å². The van der Waals surface area contributed by atoms with E-state index in [-0.39, 0.29) is 0 Å². The fourth-order valence-electron chi connectivity index (χ4n) is 2.26. The second-order valence-corrected chi connectivity index (χ2v) is 4.24. The Morgan fingerprint density at radius 2 is 2.07 bits per heavy atom. The summed E-state index contributed by atoms with van der Waals surface area (Å²) in [5.41, 5.74) is 1.52. The molecule has 1 aliphatic heterocycles. The molecule has 0 spiro atoms. The molecular formula is C13H23N. The van der Waals surface area contributed by atoms with E-state index in [1.165, 1.54) is 37.9 Å². The average Bonchev–Trinajstić information content (AvgIpc) is 2.39. The van der Waals surface area contributed by atoms with Crippen molar-refractivity contribution in [2.24, 2.45) is 5.92 Å². The van der Waals surface area contributed by atoms with Gasteiger partial charge >= 0.3 is 0 Å². The van der Waals surface area contributed by atoms with Crippen molar-refractivity contribution in [2.45, 2.75) is 33.1 Å². The van der Waals surface area contributed by atoms with E-state index in [9.17, 15) is 0 Å². The molecule has 1 rings (SSSR count). The van der Waals surface area contributed by atoms with E-state index in [0.717, 1.165) is 5.92 Å². The molecule has 0 aromatic carbocycles. The van der Waals surface area contributed by atoms with Crippen LogP contribution in [0.4, 0.5) is 0 Å². The van der Waals surface area contributed by atoms with Crippen LogP contribution in [0.1, 0.15) is 33.1 Å². The normalized spacial score (nSPS) is 26.8. The van der Waals surface area contributed by atoms with Crippen LogP contribution in [0.25, 0.3) is 0 Å². The Morgan fingerprint density at radius 3 is 2.71 bits per heavy atom. The third-order valence-electron chi connectivity index (χ3n) is 3.04. The summed E-state index contributed by atoms with van der Waals surface area (Å²) in [5, 5.41) is 0. The first-order valence-corrected chi connectivity index (χ1v) is 5.75. The molecule has 1 unspecified atom stereocenters. The van der Waals surface area contributed by atoms with Crippen molar-refractivity contribution in [3.05, 3.63) is 23.8 Å². The summed E-state index contributed by atoms with van der Waals surface area (Å²) in [5.74, 6) is 0.753. The summed E-state index contributed by atoms with van der Waals surface area (Å²) in [6.45, 7) is 6.75. The van der Waals surface area contributed by atoms with Crippen molar-refractivity contribution in [2.75, 3.05) is 20.1 Å². The maximum Gasteiger partial charge on any atom is 0.00471 e. The second kappa shape index (κ2) is 6.02. The van der Waals surface area contributed by atoms with E-state index in [1.54, 1.807) is 0 Å². The van der Waals surface area contributed by atoms with Gasteiger partial charge in [0.15, 0.2) is 0 Å². The van der Waals surface area contributed by atoms with Crippen LogP contribution in [0.2, 0.25) is 0 Å². The summed E-state index contributed by atoms with van der Waals surface area (Å²) in [6.07, 6.45) is 10.8. The molecule has 0 aliphatic carbocycles. The Bertz CT molecular complexity index is 215. The molecule has 1 heteroatoms. The van der Waals surface area contributed by atoms with Crippen LogP contribution >= 0.6 is 0 Å². The zero-order chi connectivity index (χ0) is 10.4. The number of hydrogen-bond acceptors (Lipinski definition) is 1. The molecule has 1 saturated heterocycles. The van der Waals surface area contributed by atoms with Crippen molar-refractivity contribution < 1.29 is 0 Å². The maximum absolute atomic E-state index is 2.46.